The maximum Gasteiger partial charge on any atom is 0.131 e. The number of nitrogens with one attached hydrogen (secondary N) is 1. The summed E-state index contributed by atoms with van der Waals surface area (Å²) in [6, 6.07) is 4.79. The largest absolute Gasteiger partial charge is 0.488 e. The highest BCUT2D eigenvalue weighted by atomic mass is 35.5. The molecule has 0 bridgehead atoms. The van der Waals surface area contributed by atoms with Crippen LogP contribution >= 0.6 is 11.6 Å². The van der Waals surface area contributed by atoms with E-state index in [2.05, 4.69) is 11.9 Å². The van der Waals surface area contributed by atoms with Gasteiger partial charge in [0.2, 0.25) is 0 Å². The number of halogens is 2. The van der Waals surface area contributed by atoms with Crippen LogP contribution in [0.15, 0.2) is 29.8 Å². The summed E-state index contributed by atoms with van der Waals surface area (Å²) < 4.78 is 19.0. The van der Waals surface area contributed by atoms with Crippen molar-refractivity contribution in [2.45, 2.75) is 19.9 Å². The molecule has 0 aliphatic heterocycles. The standard InChI is InChI=1S/C13H17ClFNO/c1-4-16-10(3)12-6-5-11(7-13(12)15)17-8-9(2)14/h5-7,10,16H,2,4,8H2,1,3H3. The average Bonchev–Trinajstić information content (AvgIpc) is 2.26. The topological polar surface area (TPSA) is 21.3 Å². The zero-order valence-corrected chi connectivity index (χ0v) is 10.9. The van der Waals surface area contributed by atoms with Crippen molar-refractivity contribution in [3.8, 4) is 5.75 Å². The van der Waals surface area contributed by atoms with Gasteiger partial charge >= 0.3 is 0 Å². The molecule has 1 atom stereocenters. The van der Waals surface area contributed by atoms with Crippen LogP contribution in [0.3, 0.4) is 0 Å². The van der Waals surface area contributed by atoms with Crippen LogP contribution in [0, 0.1) is 5.82 Å². The molecule has 0 saturated heterocycles. The van der Waals surface area contributed by atoms with Gasteiger partial charge in [0.05, 0.1) is 0 Å². The number of ether oxygens (including phenoxy) is 1. The quantitative estimate of drug-likeness (QED) is 0.840. The van der Waals surface area contributed by atoms with Crippen LogP contribution in [0.2, 0.25) is 0 Å². The lowest BCUT2D eigenvalue weighted by atomic mass is 10.1. The zero-order valence-electron chi connectivity index (χ0n) is 10.1. The van der Waals surface area contributed by atoms with Gasteiger partial charge in [-0.25, -0.2) is 4.39 Å². The van der Waals surface area contributed by atoms with E-state index in [4.69, 9.17) is 16.3 Å². The summed E-state index contributed by atoms with van der Waals surface area (Å²) in [6.07, 6.45) is 0. The van der Waals surface area contributed by atoms with E-state index in [-0.39, 0.29) is 18.5 Å². The maximum atomic E-state index is 13.8. The Morgan fingerprint density at radius 2 is 2.29 bits per heavy atom. The second-order valence-corrected chi connectivity index (χ2v) is 4.30. The number of hydrogen-bond acceptors (Lipinski definition) is 2. The third kappa shape index (κ3) is 4.36. The summed E-state index contributed by atoms with van der Waals surface area (Å²) in [6.45, 7) is 8.38. The van der Waals surface area contributed by atoms with Gasteiger partial charge in [-0.2, -0.15) is 0 Å². The molecule has 1 aromatic rings. The smallest absolute Gasteiger partial charge is 0.131 e. The van der Waals surface area contributed by atoms with E-state index in [1.807, 2.05) is 13.8 Å². The van der Waals surface area contributed by atoms with Crippen LogP contribution in [0.1, 0.15) is 25.5 Å². The fraction of sp³-hybridized carbons (Fsp3) is 0.385. The monoisotopic (exact) mass is 257 g/mol. The molecule has 2 nitrogen and oxygen atoms in total. The molecular formula is C13H17ClFNO. The Balaban J connectivity index is 2.75. The molecule has 0 radical (unpaired) electrons. The molecule has 0 fully saturated rings. The fourth-order valence-corrected chi connectivity index (χ4v) is 1.58. The Morgan fingerprint density at radius 3 is 2.82 bits per heavy atom. The van der Waals surface area contributed by atoms with Crippen molar-refractivity contribution in [1.29, 1.82) is 0 Å². The molecule has 1 aromatic carbocycles. The van der Waals surface area contributed by atoms with E-state index in [0.29, 0.717) is 16.3 Å². The maximum absolute atomic E-state index is 13.8. The molecule has 0 amide bonds. The molecule has 1 rings (SSSR count). The molecule has 0 aliphatic rings. The van der Waals surface area contributed by atoms with Crippen molar-refractivity contribution in [1.82, 2.24) is 5.32 Å². The normalized spacial score (nSPS) is 12.2. The summed E-state index contributed by atoms with van der Waals surface area (Å²) in [5.41, 5.74) is 0.629. The highest BCUT2D eigenvalue weighted by Crippen LogP contribution is 2.22. The van der Waals surface area contributed by atoms with Gasteiger partial charge in [0.25, 0.3) is 0 Å². The summed E-state index contributed by atoms with van der Waals surface area (Å²) in [5, 5.41) is 3.54. The zero-order chi connectivity index (χ0) is 12.8. The van der Waals surface area contributed by atoms with Gasteiger partial charge in [0, 0.05) is 22.7 Å². The van der Waals surface area contributed by atoms with Crippen molar-refractivity contribution in [3.63, 3.8) is 0 Å². The van der Waals surface area contributed by atoms with Crippen molar-refractivity contribution in [2.24, 2.45) is 0 Å². The Bertz CT molecular complexity index is 395. The van der Waals surface area contributed by atoms with E-state index < -0.39 is 0 Å². The lowest BCUT2D eigenvalue weighted by Gasteiger charge is -2.14. The van der Waals surface area contributed by atoms with Crippen molar-refractivity contribution in [3.05, 3.63) is 41.2 Å². The van der Waals surface area contributed by atoms with E-state index in [1.54, 1.807) is 12.1 Å². The molecule has 0 spiro atoms. The Hall–Kier alpha value is -1.06. The summed E-state index contributed by atoms with van der Waals surface area (Å²) in [4.78, 5) is 0. The SMILES string of the molecule is C=C(Cl)COc1ccc(C(C)NCC)c(F)c1. The first-order chi connectivity index (χ1) is 8.04. The molecular weight excluding hydrogens is 241 g/mol. The van der Waals surface area contributed by atoms with Crippen molar-refractivity contribution >= 4 is 11.6 Å². The molecule has 4 heteroatoms. The first-order valence-corrected chi connectivity index (χ1v) is 5.91. The van der Waals surface area contributed by atoms with Crippen LogP contribution < -0.4 is 10.1 Å². The molecule has 1 unspecified atom stereocenters. The van der Waals surface area contributed by atoms with E-state index >= 15 is 0 Å². The lowest BCUT2D eigenvalue weighted by molar-refractivity contribution is 0.356. The third-order valence-electron chi connectivity index (χ3n) is 2.34. The molecule has 94 valence electrons. The Kier molecular flexibility index (Phi) is 5.45. The van der Waals surface area contributed by atoms with Crippen LogP contribution in [-0.4, -0.2) is 13.2 Å². The molecule has 0 aromatic heterocycles. The van der Waals surface area contributed by atoms with Crippen LogP contribution in [0.5, 0.6) is 5.75 Å². The first kappa shape index (κ1) is 14.0. The lowest BCUT2D eigenvalue weighted by Crippen LogP contribution is -2.18. The van der Waals surface area contributed by atoms with E-state index in [0.717, 1.165) is 6.54 Å². The summed E-state index contributed by atoms with van der Waals surface area (Å²) >= 11 is 5.57. The van der Waals surface area contributed by atoms with Gasteiger partial charge in [-0.15, -0.1) is 0 Å². The van der Waals surface area contributed by atoms with Gasteiger partial charge in [0.15, 0.2) is 0 Å². The second-order valence-electron chi connectivity index (χ2n) is 3.77. The predicted octanol–water partition coefficient (Wildman–Crippen LogP) is 3.63. The van der Waals surface area contributed by atoms with E-state index in [1.165, 1.54) is 6.07 Å². The molecule has 17 heavy (non-hydrogen) atoms. The minimum Gasteiger partial charge on any atom is -0.488 e. The fourth-order valence-electron chi connectivity index (χ4n) is 1.53. The average molecular weight is 258 g/mol. The van der Waals surface area contributed by atoms with Gasteiger partial charge in [-0.3, -0.25) is 0 Å². The van der Waals surface area contributed by atoms with Gasteiger partial charge in [-0.1, -0.05) is 31.2 Å². The third-order valence-corrected chi connectivity index (χ3v) is 2.45. The molecule has 0 aliphatic carbocycles. The van der Waals surface area contributed by atoms with Gasteiger partial charge in [-0.05, 0) is 19.5 Å². The Labute approximate surface area is 106 Å². The van der Waals surface area contributed by atoms with Crippen LogP contribution in [0.4, 0.5) is 4.39 Å². The molecule has 0 heterocycles. The molecule has 1 N–H and O–H groups in total. The number of rotatable bonds is 6. The number of benzene rings is 1. The Morgan fingerprint density at radius 1 is 1.59 bits per heavy atom. The van der Waals surface area contributed by atoms with Gasteiger partial charge in [0.1, 0.15) is 18.2 Å². The van der Waals surface area contributed by atoms with Gasteiger partial charge < -0.3 is 10.1 Å². The second kappa shape index (κ2) is 6.62. The highest BCUT2D eigenvalue weighted by molar-refractivity contribution is 6.29. The molecule has 0 saturated carbocycles. The van der Waals surface area contributed by atoms with Crippen LogP contribution in [-0.2, 0) is 0 Å². The van der Waals surface area contributed by atoms with Crippen LogP contribution in [0.25, 0.3) is 0 Å². The first-order valence-electron chi connectivity index (χ1n) is 5.53. The minimum absolute atomic E-state index is 0.0166. The number of hydrogen-bond donors (Lipinski definition) is 1. The van der Waals surface area contributed by atoms with E-state index in [9.17, 15) is 4.39 Å². The van der Waals surface area contributed by atoms with Crippen molar-refractivity contribution in [2.75, 3.05) is 13.2 Å². The summed E-state index contributed by atoms with van der Waals surface area (Å²) in [7, 11) is 0. The highest BCUT2D eigenvalue weighted by Gasteiger charge is 2.10. The van der Waals surface area contributed by atoms with Crippen molar-refractivity contribution < 1.29 is 9.13 Å². The predicted molar refractivity (Wildman–Crippen MR) is 69.0 cm³/mol. The minimum atomic E-state index is -0.281. The summed E-state index contributed by atoms with van der Waals surface area (Å²) in [5.74, 6) is 0.174.